The van der Waals surface area contributed by atoms with Crippen molar-refractivity contribution in [3.05, 3.63) is 48.0 Å². The van der Waals surface area contributed by atoms with E-state index in [1.54, 1.807) is 0 Å². The van der Waals surface area contributed by atoms with Crippen LogP contribution >= 0.6 is 0 Å². The van der Waals surface area contributed by atoms with Gasteiger partial charge >= 0.3 is 5.97 Å². The Morgan fingerprint density at radius 3 is 2.50 bits per heavy atom. The molecule has 0 saturated heterocycles. The number of ether oxygens (including phenoxy) is 1. The first-order valence-electron chi connectivity index (χ1n) is 8.37. The number of hydrogen-bond acceptors (Lipinski definition) is 2. The number of allylic oxidation sites excluding steroid dienone is 1. The van der Waals surface area contributed by atoms with Crippen LogP contribution in [0.1, 0.15) is 63.5 Å². The minimum atomic E-state index is -0.409. The summed E-state index contributed by atoms with van der Waals surface area (Å²) in [5.74, 6) is -0.0740. The van der Waals surface area contributed by atoms with Gasteiger partial charge in [0.15, 0.2) is 0 Å². The van der Waals surface area contributed by atoms with Crippen LogP contribution in [0.4, 0.5) is 0 Å². The number of hydrogen-bond donors (Lipinski definition) is 0. The number of unbranched alkanes of at least 4 members (excludes halogenated alkanes) is 3. The van der Waals surface area contributed by atoms with Crippen molar-refractivity contribution in [1.29, 1.82) is 0 Å². The molecule has 1 unspecified atom stereocenters. The molecule has 1 aromatic rings. The van der Waals surface area contributed by atoms with Crippen LogP contribution in [0, 0.1) is 6.92 Å². The van der Waals surface area contributed by atoms with Gasteiger partial charge in [0.25, 0.3) is 0 Å². The molecular weight excluding hydrogens is 272 g/mol. The standard InChI is InChI=1S/C20H30O2/c1-5-7-8-9-10-11-19(21)22-20(4,6-2)16-18-14-12-17(3)13-15-18/h5,12-15H,1,6-11,16H2,2-4H3. The average molecular weight is 302 g/mol. The van der Waals surface area contributed by atoms with Gasteiger partial charge in [-0.05, 0) is 45.1 Å². The number of aryl methyl sites for hydroxylation is 1. The Kier molecular flexibility index (Phi) is 7.94. The highest BCUT2D eigenvalue weighted by atomic mass is 16.6. The number of carbonyl (C=O) groups excluding carboxylic acids is 1. The van der Waals surface area contributed by atoms with Crippen LogP contribution in [-0.2, 0) is 16.0 Å². The maximum Gasteiger partial charge on any atom is 0.306 e. The fraction of sp³-hybridized carbons (Fsp3) is 0.550. The molecule has 0 radical (unpaired) electrons. The maximum atomic E-state index is 12.1. The molecular formula is C20H30O2. The fourth-order valence-electron chi connectivity index (χ4n) is 2.43. The zero-order valence-corrected chi connectivity index (χ0v) is 14.4. The Labute approximate surface area is 135 Å². The maximum absolute atomic E-state index is 12.1. The molecule has 0 fully saturated rings. The van der Waals surface area contributed by atoms with Gasteiger partial charge in [-0.25, -0.2) is 0 Å². The summed E-state index contributed by atoms with van der Waals surface area (Å²) in [6.45, 7) is 9.89. The van der Waals surface area contributed by atoms with Gasteiger partial charge in [0.1, 0.15) is 5.60 Å². The van der Waals surface area contributed by atoms with Crippen LogP contribution in [0.15, 0.2) is 36.9 Å². The molecule has 2 heteroatoms. The molecule has 2 nitrogen and oxygen atoms in total. The Morgan fingerprint density at radius 1 is 1.23 bits per heavy atom. The molecule has 1 rings (SSSR count). The lowest BCUT2D eigenvalue weighted by Crippen LogP contribution is -2.33. The van der Waals surface area contributed by atoms with Crippen LogP contribution in [-0.4, -0.2) is 11.6 Å². The Hall–Kier alpha value is -1.57. The zero-order chi connectivity index (χ0) is 16.4. The van der Waals surface area contributed by atoms with E-state index in [1.165, 1.54) is 11.1 Å². The lowest BCUT2D eigenvalue weighted by Gasteiger charge is -2.28. The summed E-state index contributed by atoms with van der Waals surface area (Å²) in [7, 11) is 0. The normalized spacial score (nSPS) is 13.4. The first kappa shape index (κ1) is 18.5. The highest BCUT2D eigenvalue weighted by Crippen LogP contribution is 2.23. The summed E-state index contributed by atoms with van der Waals surface area (Å²) in [6, 6.07) is 8.44. The molecule has 1 aromatic carbocycles. The van der Waals surface area contributed by atoms with Crippen molar-refractivity contribution in [3.8, 4) is 0 Å². The second kappa shape index (κ2) is 9.45. The SMILES string of the molecule is C=CCCCCCC(=O)OC(C)(CC)Cc1ccc(C)cc1. The summed E-state index contributed by atoms with van der Waals surface area (Å²) in [4.78, 5) is 12.1. The van der Waals surface area contributed by atoms with E-state index in [1.807, 2.05) is 13.0 Å². The first-order chi connectivity index (χ1) is 10.5. The lowest BCUT2D eigenvalue weighted by molar-refractivity contribution is -0.158. The van der Waals surface area contributed by atoms with Gasteiger partial charge in [0, 0.05) is 12.8 Å². The highest BCUT2D eigenvalue weighted by molar-refractivity contribution is 5.69. The zero-order valence-electron chi connectivity index (χ0n) is 14.4. The van der Waals surface area contributed by atoms with Gasteiger partial charge in [-0.15, -0.1) is 6.58 Å². The van der Waals surface area contributed by atoms with Gasteiger partial charge in [-0.2, -0.15) is 0 Å². The largest absolute Gasteiger partial charge is 0.459 e. The minimum Gasteiger partial charge on any atom is -0.459 e. The van der Waals surface area contributed by atoms with Gasteiger partial charge in [-0.1, -0.05) is 49.2 Å². The van der Waals surface area contributed by atoms with Gasteiger partial charge < -0.3 is 4.74 Å². The summed E-state index contributed by atoms with van der Waals surface area (Å²) >= 11 is 0. The number of rotatable bonds is 10. The fourth-order valence-corrected chi connectivity index (χ4v) is 2.43. The number of carbonyl (C=O) groups is 1. The molecule has 1 atom stereocenters. The highest BCUT2D eigenvalue weighted by Gasteiger charge is 2.26. The molecule has 0 aliphatic heterocycles. The predicted molar refractivity (Wildman–Crippen MR) is 93.0 cm³/mol. The Bertz CT molecular complexity index is 461. The average Bonchev–Trinajstić information content (AvgIpc) is 2.49. The van der Waals surface area contributed by atoms with Crippen molar-refractivity contribution in [2.24, 2.45) is 0 Å². The van der Waals surface area contributed by atoms with Crippen LogP contribution in [0.3, 0.4) is 0 Å². The molecule has 0 aliphatic rings. The van der Waals surface area contributed by atoms with Crippen molar-refractivity contribution < 1.29 is 9.53 Å². The third kappa shape index (κ3) is 6.93. The topological polar surface area (TPSA) is 26.3 Å². The smallest absolute Gasteiger partial charge is 0.306 e. The summed E-state index contributed by atoms with van der Waals surface area (Å²) in [5, 5.41) is 0. The van der Waals surface area contributed by atoms with Crippen LogP contribution < -0.4 is 0 Å². The molecule has 0 aromatic heterocycles. The lowest BCUT2D eigenvalue weighted by atomic mass is 9.93. The summed E-state index contributed by atoms with van der Waals surface area (Å²) < 4.78 is 5.77. The molecule has 22 heavy (non-hydrogen) atoms. The van der Waals surface area contributed by atoms with Crippen LogP contribution in [0.25, 0.3) is 0 Å². The first-order valence-corrected chi connectivity index (χ1v) is 8.37. The van der Waals surface area contributed by atoms with Crippen molar-refractivity contribution >= 4 is 5.97 Å². The van der Waals surface area contributed by atoms with E-state index >= 15 is 0 Å². The van der Waals surface area contributed by atoms with Crippen molar-refractivity contribution in [2.75, 3.05) is 0 Å². The molecule has 0 heterocycles. The minimum absolute atomic E-state index is 0.0740. The van der Waals surface area contributed by atoms with Crippen molar-refractivity contribution in [2.45, 2.75) is 71.3 Å². The van der Waals surface area contributed by atoms with E-state index in [0.717, 1.165) is 38.5 Å². The molecule has 0 amide bonds. The molecule has 122 valence electrons. The molecule has 0 N–H and O–H groups in total. The van der Waals surface area contributed by atoms with Gasteiger partial charge in [0.2, 0.25) is 0 Å². The monoisotopic (exact) mass is 302 g/mol. The molecule has 0 aliphatic carbocycles. The quantitative estimate of drug-likeness (QED) is 0.329. The third-order valence-electron chi connectivity index (χ3n) is 4.10. The predicted octanol–water partition coefficient (Wildman–Crippen LogP) is 5.39. The second-order valence-electron chi connectivity index (χ2n) is 6.33. The van der Waals surface area contributed by atoms with E-state index in [0.29, 0.717) is 6.42 Å². The molecule has 0 bridgehead atoms. The van der Waals surface area contributed by atoms with E-state index in [2.05, 4.69) is 44.7 Å². The van der Waals surface area contributed by atoms with E-state index < -0.39 is 5.60 Å². The molecule has 0 spiro atoms. The van der Waals surface area contributed by atoms with Gasteiger partial charge in [-0.3, -0.25) is 4.79 Å². The van der Waals surface area contributed by atoms with E-state index in [4.69, 9.17) is 4.74 Å². The van der Waals surface area contributed by atoms with Crippen molar-refractivity contribution in [3.63, 3.8) is 0 Å². The van der Waals surface area contributed by atoms with E-state index in [-0.39, 0.29) is 5.97 Å². The van der Waals surface area contributed by atoms with Gasteiger partial charge in [0.05, 0.1) is 0 Å². The second-order valence-corrected chi connectivity index (χ2v) is 6.33. The van der Waals surface area contributed by atoms with Crippen LogP contribution in [0.5, 0.6) is 0 Å². The number of benzene rings is 1. The Morgan fingerprint density at radius 2 is 1.91 bits per heavy atom. The van der Waals surface area contributed by atoms with Crippen LogP contribution in [0.2, 0.25) is 0 Å². The van der Waals surface area contributed by atoms with E-state index in [9.17, 15) is 4.79 Å². The molecule has 0 saturated carbocycles. The summed E-state index contributed by atoms with van der Waals surface area (Å²) in [5.41, 5.74) is 2.06. The Balaban J connectivity index is 2.45. The number of esters is 1. The summed E-state index contributed by atoms with van der Waals surface area (Å²) in [6.07, 6.45) is 8.11. The van der Waals surface area contributed by atoms with Crippen molar-refractivity contribution in [1.82, 2.24) is 0 Å². The third-order valence-corrected chi connectivity index (χ3v) is 4.10.